The summed E-state index contributed by atoms with van der Waals surface area (Å²) in [6, 6.07) is 12.2. The zero-order valence-electron chi connectivity index (χ0n) is 27.7. The lowest BCUT2D eigenvalue weighted by Crippen LogP contribution is -2.41. The Kier molecular flexibility index (Phi) is 9.14. The van der Waals surface area contributed by atoms with Crippen molar-refractivity contribution in [1.29, 1.82) is 0 Å². The maximum Gasteiger partial charge on any atom is 0.258 e. The standard InChI is InChI=1S/C36H45N5O5/c1-7-35(16-24(4)5,21-43-9-3)22-44-19-28-18-40(39-38-28)23-46-36(8-2)25(6)45-20-29-30(36)15-32-33-27(17-41(32)34(29)42)14-26-12-10-11-13-31(26)37-33/h10-15,18,24H,6-9,16-17,19-23H2,1-5H3/t35?,36-/m1/s1. The van der Waals surface area contributed by atoms with Crippen molar-refractivity contribution >= 4 is 10.9 Å². The van der Waals surface area contributed by atoms with Gasteiger partial charge >= 0.3 is 0 Å². The third-order valence-corrected chi connectivity index (χ3v) is 9.44. The lowest BCUT2D eigenvalue weighted by atomic mass is 9.79. The molecule has 46 heavy (non-hydrogen) atoms. The second kappa shape index (κ2) is 13.1. The SMILES string of the molecule is C=C1OCc2c(cc3n(c2=O)Cc2cc4ccccc4nc2-3)[C@]1(CC)OCn1cc(COCC(CC)(COCC)CC(C)C)nn1. The highest BCUT2D eigenvalue weighted by Crippen LogP contribution is 2.44. The van der Waals surface area contributed by atoms with Crippen LogP contribution in [0.15, 0.2) is 59.7 Å². The molecule has 4 aromatic rings. The van der Waals surface area contributed by atoms with Crippen LogP contribution in [-0.2, 0) is 51.0 Å². The van der Waals surface area contributed by atoms with E-state index in [1.54, 1.807) is 9.25 Å². The molecule has 0 N–H and O–H groups in total. The van der Waals surface area contributed by atoms with Crippen LogP contribution in [0.5, 0.6) is 0 Å². The molecular weight excluding hydrogens is 582 g/mol. The first-order valence-electron chi connectivity index (χ1n) is 16.4. The molecule has 6 rings (SSSR count). The van der Waals surface area contributed by atoms with Crippen molar-refractivity contribution in [2.75, 3.05) is 19.8 Å². The number of fused-ring (bicyclic) bond motifs is 5. The van der Waals surface area contributed by atoms with E-state index >= 15 is 0 Å². The minimum Gasteiger partial charge on any atom is -0.490 e. The summed E-state index contributed by atoms with van der Waals surface area (Å²) >= 11 is 0. The van der Waals surface area contributed by atoms with Gasteiger partial charge in [-0.25, -0.2) is 9.67 Å². The molecule has 5 heterocycles. The van der Waals surface area contributed by atoms with E-state index < -0.39 is 5.60 Å². The van der Waals surface area contributed by atoms with Gasteiger partial charge in [-0.2, -0.15) is 0 Å². The molecule has 244 valence electrons. The van der Waals surface area contributed by atoms with Gasteiger partial charge in [0.15, 0.2) is 5.60 Å². The predicted octanol–water partition coefficient (Wildman–Crippen LogP) is 6.34. The summed E-state index contributed by atoms with van der Waals surface area (Å²) in [4.78, 5) is 18.8. The Morgan fingerprint density at radius 3 is 2.70 bits per heavy atom. The van der Waals surface area contributed by atoms with Gasteiger partial charge in [0.25, 0.3) is 5.56 Å². The number of nitrogens with zero attached hydrogens (tertiary/aromatic N) is 5. The fourth-order valence-electron chi connectivity index (χ4n) is 7.00. The van der Waals surface area contributed by atoms with E-state index in [1.165, 1.54) is 0 Å². The highest BCUT2D eigenvalue weighted by atomic mass is 16.6. The highest BCUT2D eigenvalue weighted by molar-refractivity contribution is 5.84. The van der Waals surface area contributed by atoms with Crippen LogP contribution in [0.3, 0.4) is 0 Å². The second-order valence-corrected chi connectivity index (χ2v) is 13.0. The summed E-state index contributed by atoms with van der Waals surface area (Å²) in [6.45, 7) is 17.9. The smallest absolute Gasteiger partial charge is 0.258 e. The Morgan fingerprint density at radius 2 is 1.93 bits per heavy atom. The van der Waals surface area contributed by atoms with Crippen molar-refractivity contribution < 1.29 is 18.9 Å². The largest absolute Gasteiger partial charge is 0.490 e. The molecule has 2 atom stereocenters. The van der Waals surface area contributed by atoms with Crippen molar-refractivity contribution in [3.63, 3.8) is 0 Å². The third kappa shape index (κ3) is 5.89. The maximum absolute atomic E-state index is 13.9. The summed E-state index contributed by atoms with van der Waals surface area (Å²) in [6.07, 6.45) is 4.35. The van der Waals surface area contributed by atoms with Crippen LogP contribution in [-0.4, -0.2) is 44.4 Å². The second-order valence-electron chi connectivity index (χ2n) is 13.0. The van der Waals surface area contributed by atoms with Gasteiger partial charge in [-0.15, -0.1) is 5.10 Å². The van der Waals surface area contributed by atoms with Crippen LogP contribution in [0.25, 0.3) is 22.3 Å². The Morgan fingerprint density at radius 1 is 1.13 bits per heavy atom. The van der Waals surface area contributed by atoms with Gasteiger partial charge in [0.2, 0.25) is 0 Å². The average Bonchev–Trinajstić information content (AvgIpc) is 3.66. The number of rotatable bonds is 14. The molecule has 0 fully saturated rings. The Labute approximate surface area is 270 Å². The van der Waals surface area contributed by atoms with E-state index in [4.69, 9.17) is 23.9 Å². The van der Waals surface area contributed by atoms with Crippen LogP contribution in [0.2, 0.25) is 0 Å². The zero-order valence-corrected chi connectivity index (χ0v) is 27.7. The van der Waals surface area contributed by atoms with Crippen molar-refractivity contribution in [2.45, 2.75) is 86.0 Å². The van der Waals surface area contributed by atoms with Gasteiger partial charge in [0.05, 0.1) is 55.0 Å². The lowest BCUT2D eigenvalue weighted by Gasteiger charge is -2.39. The Balaban J connectivity index is 1.21. The number of aromatic nitrogens is 5. The molecule has 0 spiro atoms. The number of para-hydroxylation sites is 1. The Bertz CT molecular complexity index is 1800. The van der Waals surface area contributed by atoms with Crippen LogP contribution in [0.1, 0.15) is 76.3 Å². The number of ether oxygens (including phenoxy) is 4. The average molecular weight is 628 g/mol. The van der Waals surface area contributed by atoms with E-state index in [9.17, 15) is 4.79 Å². The molecule has 0 aliphatic carbocycles. The molecule has 0 amide bonds. The molecule has 10 heteroatoms. The quantitative estimate of drug-likeness (QED) is 0.141. The van der Waals surface area contributed by atoms with E-state index in [0.29, 0.717) is 62.3 Å². The summed E-state index contributed by atoms with van der Waals surface area (Å²) in [5.74, 6) is 1.01. The number of hydrogen-bond acceptors (Lipinski definition) is 8. The fourth-order valence-corrected chi connectivity index (χ4v) is 7.00. The summed E-state index contributed by atoms with van der Waals surface area (Å²) in [5.41, 5.74) is 4.42. The normalized spacial score (nSPS) is 18.3. The van der Waals surface area contributed by atoms with Crippen LogP contribution in [0, 0.1) is 11.3 Å². The number of hydrogen-bond donors (Lipinski definition) is 0. The fraction of sp³-hybridized carbons (Fsp3) is 0.500. The van der Waals surface area contributed by atoms with Gasteiger partial charge in [0, 0.05) is 28.5 Å². The van der Waals surface area contributed by atoms with Crippen LogP contribution < -0.4 is 5.56 Å². The van der Waals surface area contributed by atoms with Gasteiger partial charge in [0.1, 0.15) is 24.8 Å². The highest BCUT2D eigenvalue weighted by Gasteiger charge is 2.44. The third-order valence-electron chi connectivity index (χ3n) is 9.44. The van der Waals surface area contributed by atoms with E-state index in [2.05, 4.69) is 43.7 Å². The van der Waals surface area contributed by atoms with E-state index in [0.717, 1.165) is 46.3 Å². The molecule has 2 aliphatic rings. The molecule has 1 aromatic carbocycles. The Hall–Kier alpha value is -3.86. The molecule has 0 radical (unpaired) electrons. The van der Waals surface area contributed by atoms with Crippen molar-refractivity contribution in [3.8, 4) is 11.4 Å². The molecular formula is C36H45N5O5. The molecule has 1 unspecified atom stereocenters. The maximum atomic E-state index is 13.9. The topological polar surface area (TPSA) is 103 Å². The molecule has 2 aliphatic heterocycles. The van der Waals surface area contributed by atoms with Crippen LogP contribution >= 0.6 is 0 Å². The zero-order chi connectivity index (χ0) is 32.5. The monoisotopic (exact) mass is 627 g/mol. The number of benzene rings is 1. The van der Waals surface area contributed by atoms with E-state index in [-0.39, 0.29) is 24.3 Å². The summed E-state index contributed by atoms with van der Waals surface area (Å²) < 4.78 is 28.1. The first-order valence-corrected chi connectivity index (χ1v) is 16.4. The number of pyridine rings is 2. The molecule has 0 saturated heterocycles. The van der Waals surface area contributed by atoms with E-state index in [1.807, 2.05) is 50.4 Å². The molecule has 0 saturated carbocycles. The van der Waals surface area contributed by atoms with Gasteiger partial charge < -0.3 is 23.5 Å². The van der Waals surface area contributed by atoms with Gasteiger partial charge in [-0.3, -0.25) is 4.79 Å². The molecule has 10 nitrogen and oxygen atoms in total. The molecule has 3 aromatic heterocycles. The first kappa shape index (κ1) is 32.1. The summed E-state index contributed by atoms with van der Waals surface area (Å²) in [5, 5.41) is 9.69. The summed E-state index contributed by atoms with van der Waals surface area (Å²) in [7, 11) is 0. The van der Waals surface area contributed by atoms with Gasteiger partial charge in [-0.05, 0) is 50.3 Å². The van der Waals surface area contributed by atoms with Gasteiger partial charge in [-0.1, -0.05) is 57.7 Å². The minimum absolute atomic E-state index is 0.0342. The minimum atomic E-state index is -1.04. The predicted molar refractivity (Wildman–Crippen MR) is 176 cm³/mol. The first-order chi connectivity index (χ1) is 22.2. The lowest BCUT2D eigenvalue weighted by molar-refractivity contribution is -0.109. The van der Waals surface area contributed by atoms with Crippen molar-refractivity contribution in [3.05, 3.63) is 87.7 Å². The molecule has 0 bridgehead atoms. The van der Waals surface area contributed by atoms with Crippen molar-refractivity contribution in [1.82, 2.24) is 24.5 Å². The van der Waals surface area contributed by atoms with Crippen molar-refractivity contribution in [2.24, 2.45) is 11.3 Å². The van der Waals surface area contributed by atoms with Crippen LogP contribution in [0.4, 0.5) is 0 Å².